The molecular formula is C12H17N3O3. The van der Waals surface area contributed by atoms with Crippen LogP contribution in [0.15, 0.2) is 4.79 Å². The van der Waals surface area contributed by atoms with Crippen LogP contribution in [0.4, 0.5) is 0 Å². The van der Waals surface area contributed by atoms with E-state index in [2.05, 4.69) is 9.97 Å². The van der Waals surface area contributed by atoms with Crippen molar-refractivity contribution in [1.82, 2.24) is 14.9 Å². The summed E-state index contributed by atoms with van der Waals surface area (Å²) in [6.45, 7) is 6.49. The number of hydrogen-bond donors (Lipinski definition) is 1. The Morgan fingerprint density at radius 2 is 2.28 bits per heavy atom. The van der Waals surface area contributed by atoms with E-state index >= 15 is 0 Å². The van der Waals surface area contributed by atoms with Gasteiger partial charge in [-0.3, -0.25) is 9.59 Å². The number of rotatable bonds is 3. The molecule has 0 saturated carbocycles. The van der Waals surface area contributed by atoms with Crippen molar-refractivity contribution in [3.8, 4) is 0 Å². The average molecular weight is 251 g/mol. The van der Waals surface area contributed by atoms with Gasteiger partial charge in [0.15, 0.2) is 0 Å². The zero-order valence-corrected chi connectivity index (χ0v) is 10.8. The summed E-state index contributed by atoms with van der Waals surface area (Å²) in [7, 11) is 0. The fourth-order valence-electron chi connectivity index (χ4n) is 2.12. The molecule has 1 aromatic rings. The van der Waals surface area contributed by atoms with E-state index in [0.717, 1.165) is 0 Å². The Kier molecular flexibility index (Phi) is 3.47. The molecule has 1 aliphatic heterocycles. The van der Waals surface area contributed by atoms with Gasteiger partial charge in [0.05, 0.1) is 24.3 Å². The van der Waals surface area contributed by atoms with Gasteiger partial charge in [-0.05, 0) is 20.8 Å². The zero-order valence-electron chi connectivity index (χ0n) is 10.8. The predicted molar refractivity (Wildman–Crippen MR) is 64.9 cm³/mol. The fourth-order valence-corrected chi connectivity index (χ4v) is 2.12. The first kappa shape index (κ1) is 12.8. The number of aromatic amines is 1. The number of nitrogens with zero attached hydrogens (tertiary/aromatic N) is 2. The van der Waals surface area contributed by atoms with E-state index in [4.69, 9.17) is 4.74 Å². The van der Waals surface area contributed by atoms with Gasteiger partial charge in [0.2, 0.25) is 0 Å². The molecule has 1 aliphatic rings. The lowest BCUT2D eigenvalue weighted by Crippen LogP contribution is -2.35. The van der Waals surface area contributed by atoms with E-state index in [1.54, 1.807) is 18.7 Å². The zero-order chi connectivity index (χ0) is 13.3. The summed E-state index contributed by atoms with van der Waals surface area (Å²) < 4.78 is 5.27. The van der Waals surface area contributed by atoms with Crippen molar-refractivity contribution in [2.24, 2.45) is 0 Å². The third-order valence-corrected chi connectivity index (χ3v) is 2.99. The van der Waals surface area contributed by atoms with Crippen LogP contribution in [0.25, 0.3) is 0 Å². The third kappa shape index (κ3) is 2.28. The SMILES string of the molecule is CCO[C@@H](C)C(=O)N1Cc2nc(C)[nH]c(=O)c2C1. The average Bonchev–Trinajstić information content (AvgIpc) is 2.72. The van der Waals surface area contributed by atoms with E-state index in [1.807, 2.05) is 6.92 Å². The molecule has 1 atom stereocenters. The van der Waals surface area contributed by atoms with Crippen molar-refractivity contribution in [2.45, 2.75) is 40.0 Å². The van der Waals surface area contributed by atoms with Gasteiger partial charge in [-0.15, -0.1) is 0 Å². The Bertz CT molecular complexity index is 524. The third-order valence-electron chi connectivity index (χ3n) is 2.99. The van der Waals surface area contributed by atoms with Gasteiger partial charge in [0, 0.05) is 6.61 Å². The number of H-pyrrole nitrogens is 1. The molecule has 0 unspecified atom stereocenters. The standard InChI is InChI=1S/C12H17N3O3/c1-4-18-7(2)12(17)15-5-9-10(6-15)13-8(3)14-11(9)16/h7H,4-6H2,1-3H3,(H,13,14,16)/t7-/m0/s1. The van der Waals surface area contributed by atoms with E-state index in [1.165, 1.54) is 0 Å². The maximum atomic E-state index is 12.1. The number of nitrogens with one attached hydrogen (secondary N) is 1. The summed E-state index contributed by atoms with van der Waals surface area (Å²) in [5, 5.41) is 0. The number of aromatic nitrogens is 2. The van der Waals surface area contributed by atoms with E-state index in [0.29, 0.717) is 36.8 Å². The summed E-state index contributed by atoms with van der Waals surface area (Å²) >= 11 is 0. The van der Waals surface area contributed by atoms with E-state index in [-0.39, 0.29) is 11.5 Å². The van der Waals surface area contributed by atoms with Crippen LogP contribution in [0, 0.1) is 6.92 Å². The number of carbonyl (C=O) groups excluding carboxylic acids is 1. The van der Waals surface area contributed by atoms with Crippen molar-refractivity contribution in [2.75, 3.05) is 6.61 Å². The number of fused-ring (bicyclic) bond motifs is 1. The lowest BCUT2D eigenvalue weighted by Gasteiger charge is -2.19. The molecule has 0 bridgehead atoms. The Morgan fingerprint density at radius 3 is 2.94 bits per heavy atom. The molecule has 18 heavy (non-hydrogen) atoms. The van der Waals surface area contributed by atoms with Crippen LogP contribution >= 0.6 is 0 Å². The fraction of sp³-hybridized carbons (Fsp3) is 0.583. The van der Waals surface area contributed by atoms with Crippen molar-refractivity contribution < 1.29 is 9.53 Å². The van der Waals surface area contributed by atoms with Gasteiger partial charge in [-0.25, -0.2) is 4.98 Å². The molecule has 0 aliphatic carbocycles. The van der Waals surface area contributed by atoms with Gasteiger partial charge in [-0.1, -0.05) is 0 Å². The summed E-state index contributed by atoms with van der Waals surface area (Å²) in [6.07, 6.45) is -0.482. The van der Waals surface area contributed by atoms with Crippen molar-refractivity contribution in [1.29, 1.82) is 0 Å². The lowest BCUT2D eigenvalue weighted by atomic mass is 10.3. The Balaban J connectivity index is 2.17. The first-order valence-electron chi connectivity index (χ1n) is 6.02. The van der Waals surface area contributed by atoms with Crippen LogP contribution in [0.5, 0.6) is 0 Å². The van der Waals surface area contributed by atoms with Crippen LogP contribution in [-0.4, -0.2) is 33.5 Å². The van der Waals surface area contributed by atoms with Gasteiger partial charge in [0.1, 0.15) is 11.9 Å². The quantitative estimate of drug-likeness (QED) is 0.840. The van der Waals surface area contributed by atoms with E-state index < -0.39 is 6.10 Å². The Labute approximate surface area is 105 Å². The van der Waals surface area contributed by atoms with Gasteiger partial charge >= 0.3 is 0 Å². The van der Waals surface area contributed by atoms with E-state index in [9.17, 15) is 9.59 Å². The number of hydrogen-bond acceptors (Lipinski definition) is 4. The van der Waals surface area contributed by atoms with Crippen molar-refractivity contribution in [3.63, 3.8) is 0 Å². The molecule has 6 nitrogen and oxygen atoms in total. The Hall–Kier alpha value is -1.69. The summed E-state index contributed by atoms with van der Waals surface area (Å²) in [6, 6.07) is 0. The van der Waals surface area contributed by atoms with Crippen LogP contribution in [0.2, 0.25) is 0 Å². The van der Waals surface area contributed by atoms with Gasteiger partial charge in [0.25, 0.3) is 11.5 Å². The molecule has 0 spiro atoms. The maximum absolute atomic E-state index is 12.1. The second-order valence-electron chi connectivity index (χ2n) is 4.37. The second kappa shape index (κ2) is 4.89. The molecule has 1 amide bonds. The van der Waals surface area contributed by atoms with Crippen molar-refractivity contribution in [3.05, 3.63) is 27.4 Å². The normalized spacial score (nSPS) is 15.6. The molecule has 0 saturated heterocycles. The first-order chi connectivity index (χ1) is 8.52. The number of amides is 1. The minimum Gasteiger partial charge on any atom is -0.369 e. The summed E-state index contributed by atoms with van der Waals surface area (Å²) in [5.41, 5.74) is 1.11. The molecule has 2 heterocycles. The molecule has 0 aromatic carbocycles. The topological polar surface area (TPSA) is 75.3 Å². The minimum atomic E-state index is -0.482. The molecule has 1 N–H and O–H groups in total. The minimum absolute atomic E-state index is 0.105. The van der Waals surface area contributed by atoms with Crippen LogP contribution in [0.1, 0.15) is 30.9 Å². The second-order valence-corrected chi connectivity index (χ2v) is 4.37. The number of ether oxygens (including phenoxy) is 1. The number of carbonyl (C=O) groups is 1. The molecule has 1 aromatic heterocycles. The monoisotopic (exact) mass is 251 g/mol. The molecular weight excluding hydrogens is 234 g/mol. The highest BCUT2D eigenvalue weighted by Gasteiger charge is 2.29. The molecule has 0 fully saturated rings. The molecule has 98 valence electrons. The highest BCUT2D eigenvalue weighted by atomic mass is 16.5. The smallest absolute Gasteiger partial charge is 0.256 e. The predicted octanol–water partition coefficient (Wildman–Crippen LogP) is 0.346. The Morgan fingerprint density at radius 1 is 1.56 bits per heavy atom. The van der Waals surface area contributed by atoms with Crippen LogP contribution < -0.4 is 5.56 Å². The summed E-state index contributed by atoms with van der Waals surface area (Å²) in [4.78, 5) is 32.3. The molecule has 6 heteroatoms. The largest absolute Gasteiger partial charge is 0.369 e. The first-order valence-corrected chi connectivity index (χ1v) is 6.02. The van der Waals surface area contributed by atoms with Gasteiger partial charge in [-0.2, -0.15) is 0 Å². The number of aryl methyl sites for hydroxylation is 1. The van der Waals surface area contributed by atoms with Gasteiger partial charge < -0.3 is 14.6 Å². The molecule has 0 radical (unpaired) electrons. The molecule has 2 rings (SSSR count). The highest BCUT2D eigenvalue weighted by Crippen LogP contribution is 2.18. The summed E-state index contributed by atoms with van der Waals surface area (Å²) in [5.74, 6) is 0.470. The lowest BCUT2D eigenvalue weighted by molar-refractivity contribution is -0.143. The van der Waals surface area contributed by atoms with Crippen molar-refractivity contribution >= 4 is 5.91 Å². The van der Waals surface area contributed by atoms with Crippen LogP contribution in [0.3, 0.4) is 0 Å². The van der Waals surface area contributed by atoms with Crippen LogP contribution in [-0.2, 0) is 22.6 Å². The maximum Gasteiger partial charge on any atom is 0.256 e. The highest BCUT2D eigenvalue weighted by molar-refractivity contribution is 5.81.